The second-order valence-electron chi connectivity index (χ2n) is 4.51. The molecule has 1 N–H and O–H groups in total. The van der Waals surface area contributed by atoms with Crippen LogP contribution in [0.3, 0.4) is 0 Å². The first-order chi connectivity index (χ1) is 10.1. The van der Waals surface area contributed by atoms with E-state index in [1.807, 2.05) is 24.3 Å². The average Bonchev–Trinajstić information content (AvgIpc) is 3.09. The smallest absolute Gasteiger partial charge is 0.255 e. The van der Waals surface area contributed by atoms with Gasteiger partial charge in [-0.1, -0.05) is 0 Å². The molecule has 0 radical (unpaired) electrons. The van der Waals surface area contributed by atoms with Crippen molar-refractivity contribution >= 4 is 17.5 Å². The molecule has 2 amide bonds. The van der Waals surface area contributed by atoms with Gasteiger partial charge in [0.15, 0.2) is 6.33 Å². The van der Waals surface area contributed by atoms with Crippen LogP contribution in [0.2, 0.25) is 0 Å². The zero-order chi connectivity index (χ0) is 14.8. The van der Waals surface area contributed by atoms with E-state index in [9.17, 15) is 9.59 Å². The Bertz CT molecular complexity index is 705. The highest BCUT2D eigenvalue weighted by molar-refractivity contribution is 6.03. The third-order valence-corrected chi connectivity index (χ3v) is 3.02. The molecule has 106 valence electrons. The number of carbonyl (C=O) groups is 2. The molecule has 0 saturated heterocycles. The van der Waals surface area contributed by atoms with Crippen molar-refractivity contribution in [1.82, 2.24) is 25.1 Å². The third-order valence-electron chi connectivity index (χ3n) is 3.02. The Kier molecular flexibility index (Phi) is 3.19. The Morgan fingerprint density at radius 1 is 1.29 bits per heavy atom. The molecule has 8 heteroatoms. The molecule has 0 atom stereocenters. The van der Waals surface area contributed by atoms with Gasteiger partial charge in [0.1, 0.15) is 0 Å². The highest BCUT2D eigenvalue weighted by atomic mass is 16.2. The topological polar surface area (TPSA) is 93.0 Å². The first kappa shape index (κ1) is 13.0. The van der Waals surface area contributed by atoms with Gasteiger partial charge >= 0.3 is 0 Å². The lowest BCUT2D eigenvalue weighted by Gasteiger charge is -2.12. The van der Waals surface area contributed by atoms with Crippen LogP contribution in [0, 0.1) is 0 Å². The van der Waals surface area contributed by atoms with Crippen LogP contribution in [0.1, 0.15) is 6.92 Å². The standard InChI is InChI=1S/C13H12N6O2/c1-9(20)18-7-11(6-13(18)21)16-10-2-4-12(5-3-10)19-15-8-14-17-19/h2-6,8,16H,7H2,1H3. The number of tetrazole rings is 1. The van der Waals surface area contributed by atoms with Gasteiger partial charge in [-0.05, 0) is 29.5 Å². The molecule has 21 heavy (non-hydrogen) atoms. The van der Waals surface area contributed by atoms with Crippen molar-refractivity contribution in [3.63, 3.8) is 0 Å². The maximum absolute atomic E-state index is 11.6. The van der Waals surface area contributed by atoms with E-state index < -0.39 is 0 Å². The number of carbonyl (C=O) groups excluding carboxylic acids is 2. The molecule has 3 rings (SSSR count). The van der Waals surface area contributed by atoms with E-state index in [1.165, 1.54) is 29.0 Å². The summed E-state index contributed by atoms with van der Waals surface area (Å²) in [5.74, 6) is -0.561. The molecule has 0 fully saturated rings. The van der Waals surface area contributed by atoms with Crippen LogP contribution >= 0.6 is 0 Å². The number of imide groups is 1. The van der Waals surface area contributed by atoms with Gasteiger partial charge in [-0.2, -0.15) is 0 Å². The van der Waals surface area contributed by atoms with Gasteiger partial charge in [0.2, 0.25) is 5.91 Å². The predicted octanol–water partition coefficient (Wildman–Crippen LogP) is 0.347. The molecule has 0 aliphatic carbocycles. The fourth-order valence-corrected chi connectivity index (χ4v) is 2.01. The molecule has 2 aromatic rings. The van der Waals surface area contributed by atoms with Crippen molar-refractivity contribution in [3.05, 3.63) is 42.4 Å². The van der Waals surface area contributed by atoms with Crippen LogP contribution in [-0.4, -0.2) is 43.5 Å². The summed E-state index contributed by atoms with van der Waals surface area (Å²) in [5, 5.41) is 14.5. The molecule has 0 saturated carbocycles. The zero-order valence-electron chi connectivity index (χ0n) is 11.2. The van der Waals surface area contributed by atoms with Gasteiger partial charge in [0, 0.05) is 24.4 Å². The van der Waals surface area contributed by atoms with Crippen molar-refractivity contribution in [1.29, 1.82) is 0 Å². The summed E-state index contributed by atoms with van der Waals surface area (Å²) in [6, 6.07) is 7.31. The number of aromatic nitrogens is 4. The number of hydrogen-bond donors (Lipinski definition) is 1. The Balaban J connectivity index is 1.71. The lowest BCUT2D eigenvalue weighted by molar-refractivity contribution is -0.138. The first-order valence-electron chi connectivity index (χ1n) is 6.26. The lowest BCUT2D eigenvalue weighted by Crippen LogP contribution is -2.31. The second-order valence-corrected chi connectivity index (χ2v) is 4.51. The van der Waals surface area contributed by atoms with Gasteiger partial charge in [-0.3, -0.25) is 14.5 Å². The molecule has 1 aliphatic heterocycles. The predicted molar refractivity (Wildman–Crippen MR) is 73.3 cm³/mol. The van der Waals surface area contributed by atoms with E-state index in [0.717, 1.165) is 11.4 Å². The van der Waals surface area contributed by atoms with Crippen molar-refractivity contribution in [3.8, 4) is 5.69 Å². The SMILES string of the molecule is CC(=O)N1CC(Nc2ccc(-n3ncnn3)cc2)=CC1=O. The minimum Gasteiger partial charge on any atom is -0.357 e. The average molecular weight is 284 g/mol. The normalized spacial score (nSPS) is 14.2. The van der Waals surface area contributed by atoms with E-state index in [2.05, 4.69) is 20.7 Å². The van der Waals surface area contributed by atoms with E-state index >= 15 is 0 Å². The molecular formula is C13H12N6O2. The number of amides is 2. The van der Waals surface area contributed by atoms with E-state index in [1.54, 1.807) is 0 Å². The maximum atomic E-state index is 11.6. The monoisotopic (exact) mass is 284 g/mol. The molecule has 0 unspecified atom stereocenters. The Morgan fingerprint density at radius 2 is 2.05 bits per heavy atom. The molecule has 8 nitrogen and oxygen atoms in total. The van der Waals surface area contributed by atoms with Crippen molar-refractivity contribution in [2.75, 3.05) is 11.9 Å². The van der Waals surface area contributed by atoms with Gasteiger partial charge < -0.3 is 5.32 Å². The Morgan fingerprint density at radius 3 is 2.62 bits per heavy atom. The molecule has 2 heterocycles. The van der Waals surface area contributed by atoms with Gasteiger partial charge in [-0.15, -0.1) is 15.0 Å². The summed E-state index contributed by atoms with van der Waals surface area (Å²) in [6.07, 6.45) is 2.78. The van der Waals surface area contributed by atoms with Gasteiger partial charge in [-0.25, -0.2) is 0 Å². The van der Waals surface area contributed by atoms with Crippen LogP contribution in [0.25, 0.3) is 5.69 Å². The minimum atomic E-state index is -0.298. The summed E-state index contributed by atoms with van der Waals surface area (Å²) < 4.78 is 0. The molecule has 0 spiro atoms. The summed E-state index contributed by atoms with van der Waals surface area (Å²) in [7, 11) is 0. The van der Waals surface area contributed by atoms with Crippen LogP contribution in [0.5, 0.6) is 0 Å². The molecule has 0 bridgehead atoms. The quantitative estimate of drug-likeness (QED) is 0.874. The number of nitrogens with one attached hydrogen (secondary N) is 1. The van der Waals surface area contributed by atoms with Gasteiger partial charge in [0.05, 0.1) is 12.2 Å². The highest BCUT2D eigenvalue weighted by Gasteiger charge is 2.24. The Labute approximate surface area is 120 Å². The number of benzene rings is 1. The fraction of sp³-hybridized carbons (Fsp3) is 0.154. The molecule has 1 aliphatic rings. The van der Waals surface area contributed by atoms with Crippen LogP contribution in [-0.2, 0) is 9.59 Å². The van der Waals surface area contributed by atoms with Crippen molar-refractivity contribution in [2.24, 2.45) is 0 Å². The first-order valence-corrected chi connectivity index (χ1v) is 6.26. The summed E-state index contributed by atoms with van der Waals surface area (Å²) >= 11 is 0. The van der Waals surface area contributed by atoms with Crippen molar-refractivity contribution < 1.29 is 9.59 Å². The second kappa shape index (κ2) is 5.16. The summed E-state index contributed by atoms with van der Waals surface area (Å²) in [6.45, 7) is 1.63. The largest absolute Gasteiger partial charge is 0.357 e. The van der Waals surface area contributed by atoms with E-state index in [4.69, 9.17) is 0 Å². The van der Waals surface area contributed by atoms with Gasteiger partial charge in [0.25, 0.3) is 5.91 Å². The zero-order valence-corrected chi connectivity index (χ0v) is 11.2. The third kappa shape index (κ3) is 2.64. The molecule has 1 aromatic heterocycles. The summed E-state index contributed by atoms with van der Waals surface area (Å²) in [4.78, 5) is 25.4. The van der Waals surface area contributed by atoms with E-state index in [0.29, 0.717) is 5.70 Å². The maximum Gasteiger partial charge on any atom is 0.255 e. The minimum absolute atomic E-state index is 0.263. The number of anilines is 1. The number of rotatable bonds is 3. The van der Waals surface area contributed by atoms with E-state index in [-0.39, 0.29) is 18.4 Å². The summed E-state index contributed by atoms with van der Waals surface area (Å²) in [5.41, 5.74) is 2.27. The van der Waals surface area contributed by atoms with Crippen LogP contribution in [0.15, 0.2) is 42.4 Å². The van der Waals surface area contributed by atoms with Crippen molar-refractivity contribution in [2.45, 2.75) is 6.92 Å². The van der Waals surface area contributed by atoms with Crippen LogP contribution in [0.4, 0.5) is 5.69 Å². The molecule has 1 aromatic carbocycles. The molecular weight excluding hydrogens is 272 g/mol. The fourth-order valence-electron chi connectivity index (χ4n) is 2.01. The lowest BCUT2D eigenvalue weighted by atomic mass is 10.2. The number of hydrogen-bond acceptors (Lipinski definition) is 6. The number of nitrogens with zero attached hydrogens (tertiary/aromatic N) is 5. The highest BCUT2D eigenvalue weighted by Crippen LogP contribution is 2.17. The van der Waals surface area contributed by atoms with Crippen LogP contribution < -0.4 is 5.32 Å². The Hall–Kier alpha value is -3.03.